The fraction of sp³-hybridized carbons (Fsp3) is 0.933. The molecule has 2 aliphatic rings. The summed E-state index contributed by atoms with van der Waals surface area (Å²) in [6.07, 6.45) is 5.21. The number of hydrogen-bond acceptors (Lipinski definition) is 4. The van der Waals surface area contributed by atoms with Crippen LogP contribution >= 0.6 is 0 Å². The number of unbranched alkanes of at least 4 members (excludes halogenated alkanes) is 1. The van der Waals surface area contributed by atoms with Crippen molar-refractivity contribution in [3.8, 4) is 0 Å². The first kappa shape index (κ1) is 17.7. The standard InChI is InChI=1S/C15H28N2O4S/c1-2-3-10-22(19,20)17-8-4-6-13(12-17)15(18)16-11-14-7-5-9-21-14/h13-14H,2-12H2,1H3,(H,16,18)/t13-,14-/m0/s1. The van der Waals surface area contributed by atoms with Crippen molar-refractivity contribution in [1.82, 2.24) is 9.62 Å². The number of nitrogens with one attached hydrogen (secondary N) is 1. The molecular formula is C15H28N2O4S. The molecular weight excluding hydrogens is 304 g/mol. The molecule has 0 saturated carbocycles. The van der Waals surface area contributed by atoms with Gasteiger partial charge < -0.3 is 10.1 Å². The van der Waals surface area contributed by atoms with E-state index in [2.05, 4.69) is 5.32 Å². The molecule has 0 aromatic heterocycles. The normalized spacial score (nSPS) is 27.0. The SMILES string of the molecule is CCCCS(=O)(=O)N1CCC[C@H](C(=O)NC[C@@H]2CCCO2)C1. The first-order chi connectivity index (χ1) is 10.5. The molecule has 128 valence electrons. The van der Waals surface area contributed by atoms with E-state index in [1.165, 1.54) is 4.31 Å². The summed E-state index contributed by atoms with van der Waals surface area (Å²) in [4.78, 5) is 12.3. The number of carbonyl (C=O) groups excluding carboxylic acids is 1. The molecule has 2 saturated heterocycles. The molecule has 1 N–H and O–H groups in total. The topological polar surface area (TPSA) is 75.7 Å². The van der Waals surface area contributed by atoms with Crippen LogP contribution < -0.4 is 5.32 Å². The lowest BCUT2D eigenvalue weighted by Crippen LogP contribution is -2.47. The van der Waals surface area contributed by atoms with Crippen molar-refractivity contribution in [3.05, 3.63) is 0 Å². The highest BCUT2D eigenvalue weighted by atomic mass is 32.2. The molecule has 22 heavy (non-hydrogen) atoms. The number of piperidine rings is 1. The van der Waals surface area contributed by atoms with E-state index in [0.29, 0.717) is 26.1 Å². The largest absolute Gasteiger partial charge is 0.376 e. The molecule has 7 heteroatoms. The van der Waals surface area contributed by atoms with Crippen LogP contribution in [0.2, 0.25) is 0 Å². The van der Waals surface area contributed by atoms with Crippen molar-refractivity contribution in [1.29, 1.82) is 0 Å². The van der Waals surface area contributed by atoms with Gasteiger partial charge >= 0.3 is 0 Å². The highest BCUT2D eigenvalue weighted by Gasteiger charge is 2.32. The van der Waals surface area contributed by atoms with E-state index in [1.54, 1.807) is 0 Å². The van der Waals surface area contributed by atoms with Gasteiger partial charge in [0, 0.05) is 26.2 Å². The predicted octanol–water partition coefficient (Wildman–Crippen LogP) is 1.12. The Hall–Kier alpha value is -0.660. The second-order valence-electron chi connectivity index (χ2n) is 6.25. The number of ether oxygens (including phenoxy) is 1. The van der Waals surface area contributed by atoms with Crippen LogP contribution in [0.4, 0.5) is 0 Å². The van der Waals surface area contributed by atoms with Gasteiger partial charge in [-0.05, 0) is 32.1 Å². The maximum absolute atomic E-state index is 12.3. The fourth-order valence-electron chi connectivity index (χ4n) is 3.03. The molecule has 2 heterocycles. The lowest BCUT2D eigenvalue weighted by Gasteiger charge is -2.31. The lowest BCUT2D eigenvalue weighted by atomic mass is 9.99. The van der Waals surface area contributed by atoms with Crippen LogP contribution in [0.5, 0.6) is 0 Å². The maximum Gasteiger partial charge on any atom is 0.224 e. The van der Waals surface area contributed by atoms with E-state index in [4.69, 9.17) is 4.74 Å². The number of hydrogen-bond donors (Lipinski definition) is 1. The summed E-state index contributed by atoms with van der Waals surface area (Å²) in [6.45, 7) is 4.16. The van der Waals surface area contributed by atoms with Gasteiger partial charge in [-0.25, -0.2) is 12.7 Å². The number of rotatable bonds is 7. The van der Waals surface area contributed by atoms with Crippen LogP contribution in [0.1, 0.15) is 45.4 Å². The molecule has 2 atom stereocenters. The molecule has 2 rings (SSSR count). The van der Waals surface area contributed by atoms with E-state index < -0.39 is 10.0 Å². The third-order valence-electron chi connectivity index (χ3n) is 4.43. The molecule has 2 fully saturated rings. The summed E-state index contributed by atoms with van der Waals surface area (Å²) in [5, 5.41) is 2.92. The number of sulfonamides is 1. The number of nitrogens with zero attached hydrogens (tertiary/aromatic N) is 1. The minimum absolute atomic E-state index is 0.0362. The zero-order chi connectivity index (χ0) is 16.0. The summed E-state index contributed by atoms with van der Waals surface area (Å²) in [7, 11) is -3.21. The van der Waals surface area contributed by atoms with E-state index in [-0.39, 0.29) is 23.7 Å². The Balaban J connectivity index is 1.82. The summed E-state index contributed by atoms with van der Waals surface area (Å²) < 4.78 is 31.5. The highest BCUT2D eigenvalue weighted by Crippen LogP contribution is 2.20. The number of carbonyl (C=O) groups is 1. The first-order valence-corrected chi connectivity index (χ1v) is 10.0. The molecule has 1 amide bonds. The summed E-state index contributed by atoms with van der Waals surface area (Å²) in [5.74, 6) is -0.0780. The molecule has 0 bridgehead atoms. The zero-order valence-electron chi connectivity index (χ0n) is 13.4. The van der Waals surface area contributed by atoms with Gasteiger partial charge in [0.05, 0.1) is 17.8 Å². The van der Waals surface area contributed by atoms with Gasteiger partial charge in [-0.2, -0.15) is 0 Å². The van der Waals surface area contributed by atoms with E-state index in [0.717, 1.165) is 38.7 Å². The van der Waals surface area contributed by atoms with Crippen molar-refractivity contribution in [2.75, 3.05) is 32.0 Å². The second-order valence-corrected chi connectivity index (χ2v) is 8.34. The Labute approximate surface area is 133 Å². The molecule has 0 unspecified atom stereocenters. The Morgan fingerprint density at radius 3 is 2.82 bits per heavy atom. The quantitative estimate of drug-likeness (QED) is 0.758. The maximum atomic E-state index is 12.3. The molecule has 0 aliphatic carbocycles. The van der Waals surface area contributed by atoms with Crippen LogP contribution in [0, 0.1) is 5.92 Å². The molecule has 2 aliphatic heterocycles. The minimum Gasteiger partial charge on any atom is -0.376 e. The van der Waals surface area contributed by atoms with Gasteiger partial charge in [0.15, 0.2) is 0 Å². The average molecular weight is 332 g/mol. The predicted molar refractivity (Wildman–Crippen MR) is 85.0 cm³/mol. The van der Waals surface area contributed by atoms with E-state index in [1.807, 2.05) is 6.92 Å². The Bertz CT molecular complexity index is 460. The Kier molecular flexibility index (Phi) is 6.65. The molecule has 6 nitrogen and oxygen atoms in total. The van der Waals surface area contributed by atoms with Crippen molar-refractivity contribution in [2.24, 2.45) is 5.92 Å². The minimum atomic E-state index is -3.21. The van der Waals surface area contributed by atoms with Crippen LogP contribution in [-0.2, 0) is 19.6 Å². The van der Waals surface area contributed by atoms with Gasteiger partial charge in [-0.3, -0.25) is 4.79 Å². The van der Waals surface area contributed by atoms with Gasteiger partial charge in [0.1, 0.15) is 0 Å². The third-order valence-corrected chi connectivity index (χ3v) is 6.36. The van der Waals surface area contributed by atoms with Crippen molar-refractivity contribution < 1.29 is 17.9 Å². The first-order valence-electron chi connectivity index (χ1n) is 8.40. The Morgan fingerprint density at radius 2 is 2.14 bits per heavy atom. The van der Waals surface area contributed by atoms with Crippen LogP contribution in [0.25, 0.3) is 0 Å². The molecule has 0 aromatic rings. The van der Waals surface area contributed by atoms with Gasteiger partial charge in [0.2, 0.25) is 15.9 Å². The smallest absolute Gasteiger partial charge is 0.224 e. The molecule has 0 radical (unpaired) electrons. The fourth-order valence-corrected chi connectivity index (χ4v) is 4.76. The summed E-state index contributed by atoms with van der Waals surface area (Å²) in [6, 6.07) is 0. The van der Waals surface area contributed by atoms with E-state index in [9.17, 15) is 13.2 Å². The van der Waals surface area contributed by atoms with Gasteiger partial charge in [-0.1, -0.05) is 13.3 Å². The van der Waals surface area contributed by atoms with Gasteiger partial charge in [-0.15, -0.1) is 0 Å². The molecule has 0 aromatic carbocycles. The Morgan fingerprint density at radius 1 is 1.32 bits per heavy atom. The van der Waals surface area contributed by atoms with Crippen molar-refractivity contribution in [2.45, 2.75) is 51.6 Å². The van der Waals surface area contributed by atoms with Crippen molar-refractivity contribution >= 4 is 15.9 Å². The van der Waals surface area contributed by atoms with Crippen LogP contribution in [0.3, 0.4) is 0 Å². The zero-order valence-corrected chi connectivity index (χ0v) is 14.2. The van der Waals surface area contributed by atoms with Gasteiger partial charge in [0.25, 0.3) is 0 Å². The average Bonchev–Trinajstić information content (AvgIpc) is 3.04. The van der Waals surface area contributed by atoms with Crippen LogP contribution in [-0.4, -0.2) is 56.7 Å². The summed E-state index contributed by atoms with van der Waals surface area (Å²) in [5.41, 5.74) is 0. The van der Waals surface area contributed by atoms with E-state index >= 15 is 0 Å². The monoisotopic (exact) mass is 332 g/mol. The summed E-state index contributed by atoms with van der Waals surface area (Å²) >= 11 is 0. The second kappa shape index (κ2) is 8.26. The number of amides is 1. The van der Waals surface area contributed by atoms with Crippen LogP contribution in [0.15, 0.2) is 0 Å². The highest BCUT2D eigenvalue weighted by molar-refractivity contribution is 7.89. The lowest BCUT2D eigenvalue weighted by molar-refractivity contribution is -0.126. The third kappa shape index (κ3) is 4.93. The van der Waals surface area contributed by atoms with Crippen molar-refractivity contribution in [3.63, 3.8) is 0 Å². The molecule has 0 spiro atoms.